The van der Waals surface area contributed by atoms with Crippen LogP contribution in [-0.4, -0.2) is 29.3 Å². The van der Waals surface area contributed by atoms with E-state index in [1.807, 2.05) is 12.1 Å². The third-order valence-corrected chi connectivity index (χ3v) is 4.07. The smallest absolute Gasteiger partial charge is 0.151 e. The second-order valence-corrected chi connectivity index (χ2v) is 5.83. The highest BCUT2D eigenvalue weighted by Gasteiger charge is 2.17. The standard InChI is InChI=1S/C14H17BrN4/c1-9-13(10-2-4-11(15)5-3-10)18-19-14(9)17-12-6-7-16-8-12/h2-5,12,16H,6-8H2,1H3,(H2,17,18,19). The van der Waals surface area contributed by atoms with Gasteiger partial charge in [-0.1, -0.05) is 28.1 Å². The average molecular weight is 321 g/mol. The largest absolute Gasteiger partial charge is 0.364 e. The lowest BCUT2D eigenvalue weighted by Gasteiger charge is -2.10. The molecule has 0 spiro atoms. The summed E-state index contributed by atoms with van der Waals surface area (Å²) in [6.07, 6.45) is 1.15. The van der Waals surface area contributed by atoms with Crippen LogP contribution in [0.5, 0.6) is 0 Å². The number of H-pyrrole nitrogens is 1. The van der Waals surface area contributed by atoms with E-state index in [0.29, 0.717) is 6.04 Å². The van der Waals surface area contributed by atoms with E-state index in [1.54, 1.807) is 0 Å². The van der Waals surface area contributed by atoms with Crippen LogP contribution >= 0.6 is 15.9 Å². The Balaban J connectivity index is 1.83. The zero-order valence-corrected chi connectivity index (χ0v) is 12.4. The fourth-order valence-corrected chi connectivity index (χ4v) is 2.67. The number of aromatic amines is 1. The Morgan fingerprint density at radius 2 is 2.11 bits per heavy atom. The molecule has 3 rings (SSSR count). The molecular formula is C14H17BrN4. The number of anilines is 1. The molecule has 1 fully saturated rings. The zero-order chi connectivity index (χ0) is 13.2. The van der Waals surface area contributed by atoms with E-state index in [9.17, 15) is 0 Å². The molecule has 1 aromatic heterocycles. The Morgan fingerprint density at radius 3 is 2.79 bits per heavy atom. The van der Waals surface area contributed by atoms with Crippen LogP contribution in [0.4, 0.5) is 5.82 Å². The monoisotopic (exact) mass is 320 g/mol. The normalized spacial score (nSPS) is 18.7. The van der Waals surface area contributed by atoms with E-state index in [0.717, 1.165) is 41.1 Å². The summed E-state index contributed by atoms with van der Waals surface area (Å²) in [7, 11) is 0. The summed E-state index contributed by atoms with van der Waals surface area (Å²) in [4.78, 5) is 0. The third-order valence-electron chi connectivity index (χ3n) is 3.54. The number of hydrogen-bond acceptors (Lipinski definition) is 3. The van der Waals surface area contributed by atoms with E-state index in [-0.39, 0.29) is 0 Å². The number of rotatable bonds is 3. The number of hydrogen-bond donors (Lipinski definition) is 3. The predicted octanol–water partition coefficient (Wildman–Crippen LogP) is 2.92. The first-order valence-electron chi connectivity index (χ1n) is 6.52. The van der Waals surface area contributed by atoms with Crippen molar-refractivity contribution in [2.24, 2.45) is 0 Å². The van der Waals surface area contributed by atoms with Crippen LogP contribution in [0, 0.1) is 6.92 Å². The molecule has 2 heterocycles. The Morgan fingerprint density at radius 1 is 1.32 bits per heavy atom. The molecule has 4 nitrogen and oxygen atoms in total. The van der Waals surface area contributed by atoms with Crippen LogP contribution in [0.2, 0.25) is 0 Å². The van der Waals surface area contributed by atoms with Gasteiger partial charge in [0.05, 0.1) is 5.69 Å². The maximum Gasteiger partial charge on any atom is 0.151 e. The molecule has 3 N–H and O–H groups in total. The van der Waals surface area contributed by atoms with Gasteiger partial charge in [-0.3, -0.25) is 5.10 Å². The van der Waals surface area contributed by atoms with Crippen molar-refractivity contribution in [3.8, 4) is 11.3 Å². The lowest BCUT2D eigenvalue weighted by molar-refractivity contribution is 0.785. The van der Waals surface area contributed by atoms with E-state index in [1.165, 1.54) is 5.56 Å². The summed E-state index contributed by atoms with van der Waals surface area (Å²) in [6.45, 7) is 4.20. The van der Waals surface area contributed by atoms with Crippen LogP contribution in [0.15, 0.2) is 28.7 Å². The van der Waals surface area contributed by atoms with E-state index >= 15 is 0 Å². The molecule has 0 radical (unpaired) electrons. The fraction of sp³-hybridized carbons (Fsp3) is 0.357. The first-order chi connectivity index (χ1) is 9.24. The second kappa shape index (κ2) is 5.35. The van der Waals surface area contributed by atoms with Crippen LogP contribution < -0.4 is 10.6 Å². The first kappa shape index (κ1) is 12.7. The van der Waals surface area contributed by atoms with Crippen molar-refractivity contribution in [2.75, 3.05) is 18.4 Å². The molecule has 1 aliphatic rings. The first-order valence-corrected chi connectivity index (χ1v) is 7.31. The van der Waals surface area contributed by atoms with Crippen molar-refractivity contribution >= 4 is 21.7 Å². The van der Waals surface area contributed by atoms with Crippen molar-refractivity contribution in [2.45, 2.75) is 19.4 Å². The fourth-order valence-electron chi connectivity index (χ4n) is 2.41. The number of aromatic nitrogens is 2. The molecule has 100 valence electrons. The number of benzene rings is 1. The maximum absolute atomic E-state index is 4.40. The Kier molecular flexibility index (Phi) is 3.57. The highest BCUT2D eigenvalue weighted by molar-refractivity contribution is 9.10. The van der Waals surface area contributed by atoms with Crippen LogP contribution in [0.3, 0.4) is 0 Å². The molecule has 1 atom stereocenters. The summed E-state index contributed by atoms with van der Waals surface area (Å²) in [5.41, 5.74) is 3.42. The molecular weight excluding hydrogens is 304 g/mol. The molecule has 1 unspecified atom stereocenters. The zero-order valence-electron chi connectivity index (χ0n) is 10.8. The maximum atomic E-state index is 4.40. The highest BCUT2D eigenvalue weighted by Crippen LogP contribution is 2.27. The highest BCUT2D eigenvalue weighted by atomic mass is 79.9. The third kappa shape index (κ3) is 2.67. The van der Waals surface area contributed by atoms with Crippen molar-refractivity contribution in [3.05, 3.63) is 34.3 Å². The van der Waals surface area contributed by atoms with Gasteiger partial charge in [0, 0.05) is 22.6 Å². The molecule has 0 amide bonds. The summed E-state index contributed by atoms with van der Waals surface area (Å²) < 4.78 is 1.09. The number of halogens is 1. The average Bonchev–Trinajstić information content (AvgIpc) is 3.03. The van der Waals surface area contributed by atoms with Crippen LogP contribution in [0.1, 0.15) is 12.0 Å². The van der Waals surface area contributed by atoms with Gasteiger partial charge in [-0.05, 0) is 37.6 Å². The number of nitrogens with one attached hydrogen (secondary N) is 3. The van der Waals surface area contributed by atoms with Gasteiger partial charge in [-0.2, -0.15) is 5.10 Å². The SMILES string of the molecule is Cc1c(NC2CCNC2)n[nH]c1-c1ccc(Br)cc1. The molecule has 0 aliphatic carbocycles. The number of nitrogens with zero attached hydrogens (tertiary/aromatic N) is 1. The van der Waals surface area contributed by atoms with Gasteiger partial charge < -0.3 is 10.6 Å². The van der Waals surface area contributed by atoms with Gasteiger partial charge in [0.2, 0.25) is 0 Å². The Labute approximate surface area is 121 Å². The van der Waals surface area contributed by atoms with Gasteiger partial charge in [-0.15, -0.1) is 0 Å². The Bertz CT molecular complexity index is 555. The lowest BCUT2D eigenvalue weighted by Crippen LogP contribution is -2.22. The second-order valence-electron chi connectivity index (χ2n) is 4.91. The van der Waals surface area contributed by atoms with Crippen molar-refractivity contribution in [3.63, 3.8) is 0 Å². The minimum absolute atomic E-state index is 0.486. The van der Waals surface area contributed by atoms with Gasteiger partial charge in [0.1, 0.15) is 0 Å². The van der Waals surface area contributed by atoms with Crippen LogP contribution in [0.25, 0.3) is 11.3 Å². The van der Waals surface area contributed by atoms with Gasteiger partial charge >= 0.3 is 0 Å². The molecule has 2 aromatic rings. The molecule has 0 bridgehead atoms. The van der Waals surface area contributed by atoms with Crippen molar-refractivity contribution < 1.29 is 0 Å². The summed E-state index contributed by atoms with van der Waals surface area (Å²) >= 11 is 3.45. The summed E-state index contributed by atoms with van der Waals surface area (Å²) in [5.74, 6) is 0.964. The molecule has 1 saturated heterocycles. The van der Waals surface area contributed by atoms with Gasteiger partial charge in [0.25, 0.3) is 0 Å². The Hall–Kier alpha value is -1.33. The van der Waals surface area contributed by atoms with Crippen molar-refractivity contribution in [1.82, 2.24) is 15.5 Å². The topological polar surface area (TPSA) is 52.7 Å². The predicted molar refractivity (Wildman–Crippen MR) is 81.4 cm³/mol. The van der Waals surface area contributed by atoms with E-state index in [4.69, 9.17) is 0 Å². The van der Waals surface area contributed by atoms with Gasteiger partial charge in [-0.25, -0.2) is 0 Å². The summed E-state index contributed by atoms with van der Waals surface area (Å²) in [5, 5.41) is 14.4. The minimum Gasteiger partial charge on any atom is -0.364 e. The molecule has 5 heteroatoms. The van der Waals surface area contributed by atoms with E-state index < -0.39 is 0 Å². The molecule has 0 saturated carbocycles. The van der Waals surface area contributed by atoms with Crippen LogP contribution in [-0.2, 0) is 0 Å². The van der Waals surface area contributed by atoms with Gasteiger partial charge in [0.15, 0.2) is 5.82 Å². The van der Waals surface area contributed by atoms with E-state index in [2.05, 4.69) is 55.8 Å². The molecule has 19 heavy (non-hydrogen) atoms. The molecule has 1 aromatic carbocycles. The van der Waals surface area contributed by atoms with Crippen molar-refractivity contribution in [1.29, 1.82) is 0 Å². The quantitative estimate of drug-likeness (QED) is 0.815. The minimum atomic E-state index is 0.486. The lowest BCUT2D eigenvalue weighted by atomic mass is 10.1. The summed E-state index contributed by atoms with van der Waals surface area (Å²) in [6, 6.07) is 8.75. The molecule has 1 aliphatic heterocycles.